The normalized spacial score (nSPS) is 12.5. The molecule has 3 N–H and O–H groups in total. The van der Waals surface area contributed by atoms with E-state index in [1.807, 2.05) is 11.9 Å². The number of hydrogen-bond donors (Lipinski definition) is 2. The number of rotatable bonds is 6. The van der Waals surface area contributed by atoms with Crippen LogP contribution in [0.3, 0.4) is 0 Å². The first-order valence-electron chi connectivity index (χ1n) is 6.45. The molecular weight excluding hydrogens is 262 g/mol. The van der Waals surface area contributed by atoms with E-state index in [1.54, 1.807) is 18.2 Å². The predicted octanol–water partition coefficient (Wildman–Crippen LogP) is 2.84. The lowest BCUT2D eigenvalue weighted by atomic mass is 10.1. The maximum atomic E-state index is 11.9. The Morgan fingerprint density at radius 1 is 1.53 bits per heavy atom. The molecule has 0 aliphatic carbocycles. The van der Waals surface area contributed by atoms with E-state index in [0.717, 1.165) is 13.0 Å². The van der Waals surface area contributed by atoms with Gasteiger partial charge in [-0.05, 0) is 31.2 Å². The van der Waals surface area contributed by atoms with Crippen LogP contribution in [0.1, 0.15) is 20.3 Å². The molecule has 0 saturated carbocycles. The van der Waals surface area contributed by atoms with Gasteiger partial charge in [-0.15, -0.1) is 0 Å². The van der Waals surface area contributed by atoms with E-state index in [1.165, 1.54) is 0 Å². The molecule has 5 heteroatoms. The Hall–Kier alpha value is -1.26. The zero-order valence-corrected chi connectivity index (χ0v) is 12.5. The average molecular weight is 284 g/mol. The molecule has 19 heavy (non-hydrogen) atoms. The molecule has 1 rings (SSSR count). The molecule has 1 unspecified atom stereocenters. The molecule has 0 radical (unpaired) electrons. The molecule has 0 bridgehead atoms. The first kappa shape index (κ1) is 15.8. The van der Waals surface area contributed by atoms with Gasteiger partial charge in [-0.3, -0.25) is 9.69 Å². The van der Waals surface area contributed by atoms with E-state index in [0.29, 0.717) is 28.9 Å². The van der Waals surface area contributed by atoms with Gasteiger partial charge in [-0.1, -0.05) is 31.9 Å². The van der Waals surface area contributed by atoms with Crippen LogP contribution in [-0.2, 0) is 4.79 Å². The van der Waals surface area contributed by atoms with Crippen LogP contribution in [0.5, 0.6) is 0 Å². The molecule has 0 heterocycles. The van der Waals surface area contributed by atoms with Crippen molar-refractivity contribution >= 4 is 28.9 Å². The minimum atomic E-state index is -0.0718. The highest BCUT2D eigenvalue weighted by Gasteiger charge is 2.11. The van der Waals surface area contributed by atoms with Crippen LogP contribution < -0.4 is 11.1 Å². The van der Waals surface area contributed by atoms with Gasteiger partial charge in [-0.2, -0.15) is 0 Å². The second kappa shape index (κ2) is 7.36. The molecule has 1 aromatic carbocycles. The Morgan fingerprint density at radius 2 is 2.21 bits per heavy atom. The monoisotopic (exact) mass is 283 g/mol. The van der Waals surface area contributed by atoms with E-state index in [9.17, 15) is 4.79 Å². The summed E-state index contributed by atoms with van der Waals surface area (Å²) in [6.07, 6.45) is 1.11. The minimum absolute atomic E-state index is 0.0718. The van der Waals surface area contributed by atoms with Crippen molar-refractivity contribution in [2.45, 2.75) is 20.3 Å². The molecule has 1 atom stereocenters. The Kier molecular flexibility index (Phi) is 6.12. The maximum Gasteiger partial charge on any atom is 0.238 e. The summed E-state index contributed by atoms with van der Waals surface area (Å²) >= 11 is 6.01. The SMILES string of the molecule is CCC(C)CN(C)CC(=O)Nc1ccc(N)cc1Cl. The summed E-state index contributed by atoms with van der Waals surface area (Å²) in [4.78, 5) is 13.9. The molecule has 1 aromatic rings. The number of hydrogen-bond acceptors (Lipinski definition) is 3. The number of nitrogen functional groups attached to an aromatic ring is 1. The van der Waals surface area contributed by atoms with Gasteiger partial charge >= 0.3 is 0 Å². The number of halogens is 1. The average Bonchev–Trinajstić information content (AvgIpc) is 2.32. The third-order valence-electron chi connectivity index (χ3n) is 3.00. The Balaban J connectivity index is 2.51. The van der Waals surface area contributed by atoms with E-state index in [4.69, 9.17) is 17.3 Å². The number of nitrogens with one attached hydrogen (secondary N) is 1. The molecule has 0 aromatic heterocycles. The number of benzene rings is 1. The highest BCUT2D eigenvalue weighted by molar-refractivity contribution is 6.34. The number of amides is 1. The van der Waals surface area contributed by atoms with E-state index in [-0.39, 0.29) is 5.91 Å². The van der Waals surface area contributed by atoms with Gasteiger partial charge in [0.2, 0.25) is 5.91 Å². The van der Waals surface area contributed by atoms with E-state index < -0.39 is 0 Å². The lowest BCUT2D eigenvalue weighted by Crippen LogP contribution is -2.33. The van der Waals surface area contributed by atoms with Crippen molar-refractivity contribution in [3.05, 3.63) is 23.2 Å². The van der Waals surface area contributed by atoms with Crippen LogP contribution >= 0.6 is 11.6 Å². The van der Waals surface area contributed by atoms with Crippen molar-refractivity contribution < 1.29 is 4.79 Å². The van der Waals surface area contributed by atoms with Crippen LogP contribution in [0, 0.1) is 5.92 Å². The summed E-state index contributed by atoms with van der Waals surface area (Å²) in [5.74, 6) is 0.510. The highest BCUT2D eigenvalue weighted by atomic mass is 35.5. The summed E-state index contributed by atoms with van der Waals surface area (Å²) in [6.45, 7) is 5.57. The van der Waals surface area contributed by atoms with Crippen LogP contribution in [0.2, 0.25) is 5.02 Å². The maximum absolute atomic E-state index is 11.9. The van der Waals surface area contributed by atoms with Gasteiger partial charge in [-0.25, -0.2) is 0 Å². The fourth-order valence-corrected chi connectivity index (χ4v) is 2.03. The topological polar surface area (TPSA) is 58.4 Å². The smallest absolute Gasteiger partial charge is 0.238 e. The number of carbonyl (C=O) groups excluding carboxylic acids is 1. The molecular formula is C14H22ClN3O. The van der Waals surface area contributed by atoms with Gasteiger partial charge in [0.05, 0.1) is 17.3 Å². The highest BCUT2D eigenvalue weighted by Crippen LogP contribution is 2.23. The molecule has 0 spiro atoms. The third-order valence-corrected chi connectivity index (χ3v) is 3.31. The summed E-state index contributed by atoms with van der Waals surface area (Å²) in [5, 5.41) is 3.25. The standard InChI is InChI=1S/C14H22ClN3O/c1-4-10(2)8-18(3)9-14(19)17-13-6-5-11(16)7-12(13)15/h5-7,10H,4,8-9,16H2,1-3H3,(H,17,19). The number of anilines is 2. The van der Waals surface area contributed by atoms with E-state index >= 15 is 0 Å². The number of nitrogens with zero attached hydrogens (tertiary/aromatic N) is 1. The van der Waals surface area contributed by atoms with Gasteiger partial charge in [0.25, 0.3) is 0 Å². The second-order valence-corrected chi connectivity index (χ2v) is 5.40. The lowest BCUT2D eigenvalue weighted by molar-refractivity contribution is -0.117. The fourth-order valence-electron chi connectivity index (χ4n) is 1.79. The fraction of sp³-hybridized carbons (Fsp3) is 0.500. The molecule has 1 amide bonds. The minimum Gasteiger partial charge on any atom is -0.399 e. The van der Waals surface area contributed by atoms with Gasteiger partial charge in [0.1, 0.15) is 0 Å². The molecule has 0 aliphatic heterocycles. The van der Waals surface area contributed by atoms with Crippen molar-refractivity contribution in [3.8, 4) is 0 Å². The van der Waals surface area contributed by atoms with Crippen LogP contribution in [0.4, 0.5) is 11.4 Å². The van der Waals surface area contributed by atoms with Crippen molar-refractivity contribution in [2.75, 3.05) is 31.2 Å². The Labute approximate surface area is 119 Å². The zero-order chi connectivity index (χ0) is 14.4. The number of nitrogens with two attached hydrogens (primary N) is 1. The Morgan fingerprint density at radius 3 is 2.79 bits per heavy atom. The molecule has 0 aliphatic rings. The van der Waals surface area contributed by atoms with Crippen LogP contribution in [-0.4, -0.2) is 30.9 Å². The number of likely N-dealkylation sites (N-methyl/N-ethyl adjacent to an activating group) is 1. The quantitative estimate of drug-likeness (QED) is 0.789. The summed E-state index contributed by atoms with van der Waals surface area (Å²) in [6, 6.07) is 5.05. The summed E-state index contributed by atoms with van der Waals surface area (Å²) < 4.78 is 0. The summed E-state index contributed by atoms with van der Waals surface area (Å²) in [7, 11) is 1.94. The molecule has 0 fully saturated rings. The second-order valence-electron chi connectivity index (χ2n) is 5.00. The van der Waals surface area contributed by atoms with Gasteiger partial charge in [0.15, 0.2) is 0 Å². The van der Waals surface area contributed by atoms with Gasteiger partial charge in [0, 0.05) is 12.2 Å². The van der Waals surface area contributed by atoms with E-state index in [2.05, 4.69) is 19.2 Å². The van der Waals surface area contributed by atoms with Crippen molar-refractivity contribution in [1.82, 2.24) is 4.90 Å². The molecule has 106 valence electrons. The van der Waals surface area contributed by atoms with Crippen molar-refractivity contribution in [2.24, 2.45) is 5.92 Å². The molecule has 0 saturated heterocycles. The van der Waals surface area contributed by atoms with Crippen molar-refractivity contribution in [1.29, 1.82) is 0 Å². The van der Waals surface area contributed by atoms with Crippen molar-refractivity contribution in [3.63, 3.8) is 0 Å². The van der Waals surface area contributed by atoms with Crippen LogP contribution in [0.15, 0.2) is 18.2 Å². The predicted molar refractivity (Wildman–Crippen MR) is 81.4 cm³/mol. The number of carbonyl (C=O) groups is 1. The third kappa shape index (κ3) is 5.49. The zero-order valence-electron chi connectivity index (χ0n) is 11.7. The van der Waals surface area contributed by atoms with Crippen LogP contribution in [0.25, 0.3) is 0 Å². The van der Waals surface area contributed by atoms with Gasteiger partial charge < -0.3 is 11.1 Å². The first-order chi connectivity index (χ1) is 8.92. The summed E-state index contributed by atoms with van der Waals surface area (Å²) in [5.41, 5.74) is 6.78. The lowest BCUT2D eigenvalue weighted by Gasteiger charge is -2.20. The Bertz CT molecular complexity index is 437. The largest absolute Gasteiger partial charge is 0.399 e. The molecule has 4 nitrogen and oxygen atoms in total. The first-order valence-corrected chi connectivity index (χ1v) is 6.83.